The van der Waals surface area contributed by atoms with Crippen LogP contribution in [0.25, 0.3) is 0 Å². The van der Waals surface area contributed by atoms with Crippen LogP contribution in [0.3, 0.4) is 0 Å². The number of likely N-dealkylation sites (N-methyl/N-ethyl adjacent to an activating group) is 1. The number of nitrogens with one attached hydrogen (secondary N) is 1. The first kappa shape index (κ1) is 54.8. The molecule has 0 amide bonds. The second-order valence-electron chi connectivity index (χ2n) is 15.9. The van der Waals surface area contributed by atoms with Crippen LogP contribution in [0.2, 0.25) is 0 Å². The molecule has 0 fully saturated rings. The number of carbonyl (C=O) groups is 2. The fourth-order valence-corrected chi connectivity index (χ4v) is 7.54. The van der Waals surface area contributed by atoms with Crippen molar-refractivity contribution in [3.63, 3.8) is 0 Å². The average Bonchev–Trinajstić information content (AvgIpc) is 3.18. The summed E-state index contributed by atoms with van der Waals surface area (Å²) in [6.07, 6.45) is 44.0. The number of ether oxygens (including phenoxy) is 2. The van der Waals surface area contributed by atoms with Gasteiger partial charge in [0.1, 0.15) is 6.61 Å². The minimum absolute atomic E-state index is 0.0148. The summed E-state index contributed by atoms with van der Waals surface area (Å²) in [5.74, 6) is -0.803. The summed E-state index contributed by atoms with van der Waals surface area (Å²) in [4.78, 5) is 35.1. The van der Waals surface area contributed by atoms with Gasteiger partial charge in [-0.15, -0.1) is 0 Å². The Morgan fingerprint density at radius 2 is 0.911 bits per heavy atom. The van der Waals surface area contributed by atoms with Crippen LogP contribution in [-0.2, 0) is 32.7 Å². The molecule has 0 saturated heterocycles. The zero-order valence-corrected chi connectivity index (χ0v) is 37.7. The summed E-state index contributed by atoms with van der Waals surface area (Å²) in [5.41, 5.74) is 0. The number of unbranched alkanes of at least 4 members (excludes halogenated alkanes) is 29. The Morgan fingerprint density at radius 1 is 0.536 bits per heavy atom. The number of phosphoric ester groups is 1. The molecule has 0 aromatic heterocycles. The summed E-state index contributed by atoms with van der Waals surface area (Å²) < 4.78 is 33.3. The average molecular weight is 816 g/mol. The van der Waals surface area contributed by atoms with Gasteiger partial charge in [0.15, 0.2) is 6.10 Å². The molecule has 0 bridgehead atoms. The van der Waals surface area contributed by atoms with Gasteiger partial charge in [0, 0.05) is 19.4 Å². The second-order valence-corrected chi connectivity index (χ2v) is 17.4. The first-order valence-corrected chi connectivity index (χ1v) is 25.1. The summed E-state index contributed by atoms with van der Waals surface area (Å²) >= 11 is 0. The minimum Gasteiger partial charge on any atom is -0.462 e. The van der Waals surface area contributed by atoms with E-state index in [1.54, 1.807) is 7.05 Å². The van der Waals surface area contributed by atoms with E-state index in [0.29, 0.717) is 13.0 Å². The summed E-state index contributed by atoms with van der Waals surface area (Å²) in [6, 6.07) is 0. The van der Waals surface area contributed by atoms with Gasteiger partial charge in [0.2, 0.25) is 0 Å². The smallest absolute Gasteiger partial charge is 0.462 e. The van der Waals surface area contributed by atoms with Crippen LogP contribution < -0.4 is 5.32 Å². The summed E-state index contributed by atoms with van der Waals surface area (Å²) in [7, 11) is -2.64. The van der Waals surface area contributed by atoms with Crippen LogP contribution in [0.5, 0.6) is 0 Å². The van der Waals surface area contributed by atoms with E-state index in [1.807, 2.05) is 0 Å². The lowest BCUT2D eigenvalue weighted by Gasteiger charge is -2.20. The Kier molecular flexibility index (Phi) is 42.4. The Hall–Kier alpha value is -1.25. The number of carbonyl (C=O) groups excluding carboxylic acids is 2. The maximum absolute atomic E-state index is 12.7. The zero-order chi connectivity index (χ0) is 41.1. The predicted octanol–water partition coefficient (Wildman–Crippen LogP) is 13.7. The molecule has 0 radical (unpaired) electrons. The Bertz CT molecular complexity index is 933. The van der Waals surface area contributed by atoms with E-state index in [1.165, 1.54) is 148 Å². The van der Waals surface area contributed by atoms with E-state index in [-0.39, 0.29) is 32.0 Å². The van der Waals surface area contributed by atoms with Crippen LogP contribution in [0.1, 0.15) is 232 Å². The third-order valence-corrected chi connectivity index (χ3v) is 11.4. The van der Waals surface area contributed by atoms with Crippen molar-refractivity contribution in [1.82, 2.24) is 5.32 Å². The highest BCUT2D eigenvalue weighted by molar-refractivity contribution is 7.47. The summed E-state index contributed by atoms with van der Waals surface area (Å²) in [5, 5.41) is 2.83. The van der Waals surface area contributed by atoms with Crippen molar-refractivity contribution in [3.05, 3.63) is 12.2 Å². The molecule has 0 aliphatic carbocycles. The molecule has 0 aliphatic rings. The van der Waals surface area contributed by atoms with Crippen molar-refractivity contribution >= 4 is 19.8 Å². The molecular formula is C46H90NO8P. The Morgan fingerprint density at radius 3 is 1.32 bits per heavy atom. The standard InChI is InChI=1S/C46H90NO8P/c1-4-6-8-10-12-14-16-18-20-21-22-23-25-27-29-31-33-35-37-39-46(49)55-44(43-54-56(50,51)53-41-40-47-3)42-52-45(48)38-36-34-32-30-28-26-24-19-17-15-13-11-9-7-5-2/h19,24,44,47H,4-18,20-23,25-43H2,1-3H3,(H,50,51)/b24-19-. The van der Waals surface area contributed by atoms with Gasteiger partial charge >= 0.3 is 19.8 Å². The molecular weight excluding hydrogens is 725 g/mol. The maximum Gasteiger partial charge on any atom is 0.472 e. The quantitative estimate of drug-likeness (QED) is 0.0268. The van der Waals surface area contributed by atoms with Gasteiger partial charge < -0.3 is 19.7 Å². The number of phosphoric acid groups is 1. The molecule has 0 aromatic carbocycles. The molecule has 0 rings (SSSR count). The van der Waals surface area contributed by atoms with Crippen molar-refractivity contribution in [2.24, 2.45) is 0 Å². The van der Waals surface area contributed by atoms with Crippen LogP contribution in [0, 0.1) is 0 Å². The highest BCUT2D eigenvalue weighted by atomic mass is 31.2. The van der Waals surface area contributed by atoms with E-state index in [9.17, 15) is 19.0 Å². The van der Waals surface area contributed by atoms with Gasteiger partial charge in [-0.3, -0.25) is 18.6 Å². The first-order chi connectivity index (χ1) is 27.3. The molecule has 10 heteroatoms. The van der Waals surface area contributed by atoms with E-state index >= 15 is 0 Å². The minimum atomic E-state index is -4.35. The van der Waals surface area contributed by atoms with E-state index in [2.05, 4.69) is 31.3 Å². The topological polar surface area (TPSA) is 120 Å². The van der Waals surface area contributed by atoms with E-state index in [0.717, 1.165) is 51.4 Å². The number of hydrogen-bond donors (Lipinski definition) is 2. The Labute approximate surface area is 345 Å². The van der Waals surface area contributed by atoms with E-state index in [4.69, 9.17) is 18.5 Å². The lowest BCUT2D eigenvalue weighted by atomic mass is 10.0. The molecule has 9 nitrogen and oxygen atoms in total. The van der Waals surface area contributed by atoms with Gasteiger partial charge in [0.25, 0.3) is 0 Å². The second kappa shape index (κ2) is 43.3. The lowest BCUT2D eigenvalue weighted by Crippen LogP contribution is -2.29. The highest BCUT2D eigenvalue weighted by Crippen LogP contribution is 2.43. The maximum atomic E-state index is 12.7. The largest absolute Gasteiger partial charge is 0.472 e. The predicted molar refractivity (Wildman–Crippen MR) is 234 cm³/mol. The first-order valence-electron chi connectivity index (χ1n) is 23.6. The van der Waals surface area contributed by atoms with Crippen molar-refractivity contribution in [2.75, 3.05) is 33.4 Å². The van der Waals surface area contributed by atoms with E-state index < -0.39 is 26.5 Å². The molecule has 2 N–H and O–H groups in total. The van der Waals surface area contributed by atoms with Crippen molar-refractivity contribution in [1.29, 1.82) is 0 Å². The number of hydrogen-bond acceptors (Lipinski definition) is 8. The van der Waals surface area contributed by atoms with Crippen LogP contribution in [-0.4, -0.2) is 56.3 Å². The molecule has 2 unspecified atom stereocenters. The normalized spacial score (nSPS) is 13.3. The monoisotopic (exact) mass is 816 g/mol. The summed E-state index contributed by atoms with van der Waals surface area (Å²) in [6.45, 7) is 4.25. The number of esters is 2. The van der Waals surface area contributed by atoms with Crippen molar-refractivity contribution < 1.29 is 37.6 Å². The van der Waals surface area contributed by atoms with Crippen molar-refractivity contribution in [2.45, 2.75) is 238 Å². The van der Waals surface area contributed by atoms with Crippen LogP contribution in [0.4, 0.5) is 0 Å². The molecule has 332 valence electrons. The molecule has 56 heavy (non-hydrogen) atoms. The van der Waals surface area contributed by atoms with Gasteiger partial charge in [-0.05, 0) is 45.6 Å². The molecule has 0 heterocycles. The third kappa shape index (κ3) is 42.4. The van der Waals surface area contributed by atoms with Crippen LogP contribution >= 0.6 is 7.82 Å². The SMILES string of the molecule is CCCCCCCC/C=C\CCCCCCCC(=O)OCC(COP(=O)(O)OCCNC)OC(=O)CCCCCCCCCCCCCCCCCCCCC. The fraction of sp³-hybridized carbons (Fsp3) is 0.913. The van der Waals surface area contributed by atoms with Gasteiger partial charge in [-0.1, -0.05) is 193 Å². The van der Waals surface area contributed by atoms with Gasteiger partial charge in [-0.25, -0.2) is 4.57 Å². The molecule has 0 saturated carbocycles. The molecule has 0 aliphatic heterocycles. The fourth-order valence-electron chi connectivity index (χ4n) is 6.78. The van der Waals surface area contributed by atoms with Crippen LogP contribution in [0.15, 0.2) is 12.2 Å². The number of rotatable bonds is 45. The molecule has 2 atom stereocenters. The number of allylic oxidation sites excluding steroid dienone is 2. The zero-order valence-electron chi connectivity index (χ0n) is 36.9. The highest BCUT2D eigenvalue weighted by Gasteiger charge is 2.26. The lowest BCUT2D eigenvalue weighted by molar-refractivity contribution is -0.161. The Balaban J connectivity index is 4.14. The molecule has 0 aromatic rings. The third-order valence-electron chi connectivity index (χ3n) is 10.4. The van der Waals surface area contributed by atoms with Gasteiger partial charge in [-0.2, -0.15) is 0 Å². The molecule has 0 spiro atoms. The van der Waals surface area contributed by atoms with Gasteiger partial charge in [0.05, 0.1) is 13.2 Å². The van der Waals surface area contributed by atoms with Crippen molar-refractivity contribution in [3.8, 4) is 0 Å².